The Kier molecular flexibility index (Phi) is 5.37. The van der Waals surface area contributed by atoms with Crippen LogP contribution in [-0.2, 0) is 6.42 Å². The first kappa shape index (κ1) is 19.0. The molecule has 0 radical (unpaired) electrons. The molecule has 2 aromatic carbocycles. The van der Waals surface area contributed by atoms with Gasteiger partial charge in [0.25, 0.3) is 5.91 Å². The number of carbonyl (C=O) groups excluding carboxylic acids is 1. The third-order valence-corrected chi connectivity index (χ3v) is 5.40. The van der Waals surface area contributed by atoms with Gasteiger partial charge in [-0.15, -0.1) is 0 Å². The average Bonchev–Trinajstić information content (AvgIpc) is 3.26. The molecule has 0 fully saturated rings. The van der Waals surface area contributed by atoms with Gasteiger partial charge >= 0.3 is 0 Å². The molecule has 4 rings (SSSR count). The number of hydrogen-bond donors (Lipinski definition) is 5. The predicted octanol–water partition coefficient (Wildman–Crippen LogP) is 2.16. The lowest BCUT2D eigenvalue weighted by Crippen LogP contribution is -2.44. The predicted molar refractivity (Wildman–Crippen MR) is 109 cm³/mol. The number of halogens is 1. The van der Waals surface area contributed by atoms with Crippen molar-refractivity contribution in [3.05, 3.63) is 70.4 Å². The van der Waals surface area contributed by atoms with Crippen molar-refractivity contribution >= 4 is 28.4 Å². The summed E-state index contributed by atoms with van der Waals surface area (Å²) in [4.78, 5) is 16.0. The Morgan fingerprint density at radius 3 is 2.89 bits per heavy atom. The van der Waals surface area contributed by atoms with Gasteiger partial charge in [0, 0.05) is 22.5 Å². The van der Waals surface area contributed by atoms with Crippen LogP contribution in [0.15, 0.2) is 48.5 Å². The highest BCUT2D eigenvalue weighted by molar-refractivity contribution is 6.31. The summed E-state index contributed by atoms with van der Waals surface area (Å²) in [5.74, 6) is -0.195. The molecule has 0 aliphatic heterocycles. The maximum atomic E-state index is 12.9. The third-order valence-electron chi connectivity index (χ3n) is 5.16. The Morgan fingerprint density at radius 2 is 2.07 bits per heavy atom. The first-order chi connectivity index (χ1) is 13.5. The van der Waals surface area contributed by atoms with Gasteiger partial charge in [-0.2, -0.15) is 0 Å². The molecule has 1 heterocycles. The monoisotopic (exact) mass is 399 g/mol. The summed E-state index contributed by atoms with van der Waals surface area (Å²) >= 11 is 6.03. The normalized spacial score (nSPS) is 19.5. The Morgan fingerprint density at radius 1 is 1.25 bits per heavy atom. The van der Waals surface area contributed by atoms with Crippen molar-refractivity contribution in [1.82, 2.24) is 15.6 Å². The quantitative estimate of drug-likeness (QED) is 0.439. The van der Waals surface area contributed by atoms with E-state index in [0.717, 1.165) is 22.0 Å². The topological polar surface area (TPSA) is 97.4 Å². The number of rotatable bonds is 6. The Bertz CT molecular complexity index is 1000. The number of benzene rings is 2. The Balaban J connectivity index is 1.53. The molecule has 1 amide bonds. The van der Waals surface area contributed by atoms with Gasteiger partial charge in [-0.3, -0.25) is 4.79 Å². The standard InChI is InChI=1S/C21H22ClN3O3/c22-14-5-6-17-13(7-14)9-19(24-17)21(28)25-18-8-12-3-1-2-4-16(12)20(18)23-10-15(27)11-26/h1-7,9,15,18,20,23-24,26-27H,8,10-11H2,(H,25,28)/t15?,18-,20?/m1/s1. The number of H-pyrrole nitrogens is 1. The lowest BCUT2D eigenvalue weighted by Gasteiger charge is -2.24. The molecule has 2 unspecified atom stereocenters. The fraction of sp³-hybridized carbons (Fsp3) is 0.286. The SMILES string of the molecule is O=C(N[C@@H]1Cc2ccccc2C1NCC(O)CO)c1cc2cc(Cl)ccc2[nH]1. The van der Waals surface area contributed by atoms with E-state index in [1.807, 2.05) is 36.4 Å². The van der Waals surface area contributed by atoms with Crippen LogP contribution in [-0.4, -0.2) is 46.4 Å². The smallest absolute Gasteiger partial charge is 0.268 e. The number of aliphatic hydroxyl groups is 2. The molecule has 0 saturated carbocycles. The van der Waals surface area contributed by atoms with Crippen LogP contribution >= 0.6 is 11.6 Å². The van der Waals surface area contributed by atoms with E-state index in [2.05, 4.69) is 15.6 Å². The zero-order valence-corrected chi connectivity index (χ0v) is 15.9. The number of aliphatic hydroxyl groups excluding tert-OH is 2. The second-order valence-electron chi connectivity index (χ2n) is 7.12. The van der Waals surface area contributed by atoms with E-state index in [-0.39, 0.29) is 31.1 Å². The molecule has 28 heavy (non-hydrogen) atoms. The summed E-state index contributed by atoms with van der Waals surface area (Å²) in [6, 6.07) is 14.9. The van der Waals surface area contributed by atoms with E-state index >= 15 is 0 Å². The number of aromatic nitrogens is 1. The molecule has 5 N–H and O–H groups in total. The molecule has 1 aliphatic carbocycles. The third kappa shape index (κ3) is 3.77. The zero-order chi connectivity index (χ0) is 19.7. The highest BCUT2D eigenvalue weighted by Crippen LogP contribution is 2.31. The molecule has 0 bridgehead atoms. The van der Waals surface area contributed by atoms with Crippen molar-refractivity contribution in [1.29, 1.82) is 0 Å². The highest BCUT2D eigenvalue weighted by atomic mass is 35.5. The summed E-state index contributed by atoms with van der Waals surface area (Å²) < 4.78 is 0. The van der Waals surface area contributed by atoms with Crippen LogP contribution in [0.2, 0.25) is 5.02 Å². The van der Waals surface area contributed by atoms with E-state index in [4.69, 9.17) is 16.7 Å². The Labute approximate surface area is 167 Å². The van der Waals surface area contributed by atoms with Crippen molar-refractivity contribution in [3.63, 3.8) is 0 Å². The molecule has 7 heteroatoms. The van der Waals surface area contributed by atoms with Crippen LogP contribution in [0.5, 0.6) is 0 Å². The largest absolute Gasteiger partial charge is 0.394 e. The lowest BCUT2D eigenvalue weighted by molar-refractivity contribution is 0.0874. The van der Waals surface area contributed by atoms with Crippen molar-refractivity contribution in [2.45, 2.75) is 24.6 Å². The molecule has 3 aromatic rings. The van der Waals surface area contributed by atoms with Gasteiger partial charge in [-0.25, -0.2) is 0 Å². The number of aromatic amines is 1. The maximum Gasteiger partial charge on any atom is 0.268 e. The summed E-state index contributed by atoms with van der Waals surface area (Å²) in [5.41, 5.74) is 3.58. The van der Waals surface area contributed by atoms with Crippen LogP contribution in [0.1, 0.15) is 27.7 Å². The number of nitrogens with one attached hydrogen (secondary N) is 3. The van der Waals surface area contributed by atoms with E-state index in [1.54, 1.807) is 12.1 Å². The van der Waals surface area contributed by atoms with Gasteiger partial charge in [-0.05, 0) is 41.8 Å². The fourth-order valence-electron chi connectivity index (χ4n) is 3.78. The molecular weight excluding hydrogens is 378 g/mol. The molecule has 1 aliphatic rings. The maximum absolute atomic E-state index is 12.9. The summed E-state index contributed by atoms with van der Waals surface area (Å²) in [7, 11) is 0. The first-order valence-electron chi connectivity index (χ1n) is 9.24. The molecule has 0 saturated heterocycles. The van der Waals surface area contributed by atoms with Crippen LogP contribution in [0.3, 0.4) is 0 Å². The van der Waals surface area contributed by atoms with Crippen LogP contribution in [0.25, 0.3) is 10.9 Å². The number of amides is 1. The van der Waals surface area contributed by atoms with E-state index in [1.165, 1.54) is 0 Å². The second-order valence-corrected chi connectivity index (χ2v) is 7.56. The number of hydrogen-bond acceptors (Lipinski definition) is 4. The van der Waals surface area contributed by atoms with Crippen LogP contribution in [0.4, 0.5) is 0 Å². The molecular formula is C21H22ClN3O3. The summed E-state index contributed by atoms with van der Waals surface area (Å²) in [5, 5.41) is 26.7. The van der Waals surface area contributed by atoms with Gasteiger partial charge in [0.1, 0.15) is 5.69 Å². The van der Waals surface area contributed by atoms with E-state index in [9.17, 15) is 9.90 Å². The highest BCUT2D eigenvalue weighted by Gasteiger charge is 2.33. The van der Waals surface area contributed by atoms with Gasteiger partial charge in [-0.1, -0.05) is 35.9 Å². The molecule has 6 nitrogen and oxygen atoms in total. The molecule has 1 aromatic heterocycles. The van der Waals surface area contributed by atoms with Crippen LogP contribution < -0.4 is 10.6 Å². The minimum Gasteiger partial charge on any atom is -0.394 e. The minimum absolute atomic E-state index is 0.139. The van der Waals surface area contributed by atoms with Crippen LogP contribution in [0, 0.1) is 0 Å². The first-order valence-corrected chi connectivity index (χ1v) is 9.62. The summed E-state index contributed by atoms with van der Waals surface area (Å²) in [6.45, 7) is -0.0667. The van der Waals surface area contributed by atoms with E-state index < -0.39 is 6.10 Å². The van der Waals surface area contributed by atoms with Gasteiger partial charge in [0.2, 0.25) is 0 Å². The minimum atomic E-state index is -0.845. The van der Waals surface area contributed by atoms with Gasteiger partial charge < -0.3 is 25.8 Å². The van der Waals surface area contributed by atoms with Gasteiger partial charge in [0.05, 0.1) is 24.8 Å². The van der Waals surface area contributed by atoms with Crippen molar-refractivity contribution in [3.8, 4) is 0 Å². The number of fused-ring (bicyclic) bond motifs is 2. The summed E-state index contributed by atoms with van der Waals surface area (Å²) in [6.07, 6.45) is -0.150. The van der Waals surface area contributed by atoms with Gasteiger partial charge in [0.15, 0.2) is 0 Å². The molecule has 0 spiro atoms. The average molecular weight is 400 g/mol. The Hall–Kier alpha value is -2.38. The van der Waals surface area contributed by atoms with Crippen molar-refractivity contribution < 1.29 is 15.0 Å². The number of carbonyl (C=O) groups is 1. The lowest BCUT2D eigenvalue weighted by atomic mass is 10.1. The molecule has 3 atom stereocenters. The molecule has 146 valence electrons. The second kappa shape index (κ2) is 7.93. The van der Waals surface area contributed by atoms with E-state index in [0.29, 0.717) is 17.1 Å². The van der Waals surface area contributed by atoms with Crippen molar-refractivity contribution in [2.24, 2.45) is 0 Å². The van der Waals surface area contributed by atoms with Crippen molar-refractivity contribution in [2.75, 3.05) is 13.2 Å². The fourth-order valence-corrected chi connectivity index (χ4v) is 3.96. The zero-order valence-electron chi connectivity index (χ0n) is 15.2.